The molecule has 1 rings (SSSR count). The van der Waals surface area contributed by atoms with Crippen molar-refractivity contribution < 1.29 is 9.53 Å². The first-order valence-electron chi connectivity index (χ1n) is 7.14. The first-order valence-corrected chi connectivity index (χ1v) is 7.91. The van der Waals surface area contributed by atoms with Gasteiger partial charge in [-0.05, 0) is 37.7 Å². The van der Waals surface area contributed by atoms with E-state index in [0.29, 0.717) is 17.2 Å². The maximum absolute atomic E-state index is 11.9. The summed E-state index contributed by atoms with van der Waals surface area (Å²) in [5, 5.41) is 4.03. The van der Waals surface area contributed by atoms with E-state index in [0.717, 1.165) is 18.8 Å². The van der Waals surface area contributed by atoms with Gasteiger partial charge in [-0.25, -0.2) is 4.79 Å². The second kappa shape index (κ2) is 8.09. The maximum Gasteiger partial charge on any atom is 0.344 e. The van der Waals surface area contributed by atoms with E-state index in [4.69, 9.17) is 10.5 Å². The summed E-state index contributed by atoms with van der Waals surface area (Å²) in [6, 6.07) is 0.279. The molecule has 1 atom stereocenters. The minimum atomic E-state index is -0.407. The fourth-order valence-electron chi connectivity index (χ4n) is 1.93. The molecule has 1 heterocycles. The molecule has 20 heavy (non-hydrogen) atoms. The van der Waals surface area contributed by atoms with E-state index in [-0.39, 0.29) is 11.9 Å². The summed E-state index contributed by atoms with van der Waals surface area (Å²) in [5.74, 6) is 0.553. The number of hydrogen-bond donors (Lipinski definition) is 2. The lowest BCUT2D eigenvalue weighted by molar-refractivity contribution is 0.0529. The van der Waals surface area contributed by atoms with E-state index < -0.39 is 5.97 Å². The summed E-state index contributed by atoms with van der Waals surface area (Å²) in [7, 11) is 0. The molecule has 0 aliphatic rings. The van der Waals surface area contributed by atoms with Gasteiger partial charge in [0, 0.05) is 6.04 Å². The minimum absolute atomic E-state index is 0.241. The molecule has 0 amide bonds. The number of esters is 1. The normalized spacial score (nSPS) is 12.4. The number of anilines is 2. The highest BCUT2D eigenvalue weighted by atomic mass is 32.1. The quantitative estimate of drug-likeness (QED) is 0.718. The summed E-state index contributed by atoms with van der Waals surface area (Å²) >= 11 is 1.21. The average Bonchev–Trinajstić information content (AvgIpc) is 2.70. The molecule has 114 valence electrons. The average molecular weight is 299 g/mol. The number of carbonyl (C=O) groups excluding carboxylic acids is 1. The Morgan fingerprint density at radius 1 is 1.40 bits per heavy atom. The van der Waals surface area contributed by atoms with E-state index in [1.165, 1.54) is 18.0 Å². The number of ether oxygens (including phenoxy) is 1. The molecule has 0 radical (unpaired) electrons. The molecule has 0 saturated carbocycles. The summed E-state index contributed by atoms with van der Waals surface area (Å²) in [4.78, 5) is 11.9. The third-order valence-corrected chi connectivity index (χ3v) is 3.79. The number of nitrogen functional groups attached to an aromatic ring is 1. The van der Waals surface area contributed by atoms with Crippen LogP contribution in [0, 0.1) is 5.92 Å². The lowest BCUT2D eigenvalue weighted by Crippen LogP contribution is -2.17. The zero-order valence-electron chi connectivity index (χ0n) is 12.7. The summed E-state index contributed by atoms with van der Waals surface area (Å²) < 4.78 is 9.05. The van der Waals surface area contributed by atoms with Gasteiger partial charge in [0.2, 0.25) is 0 Å². The molecule has 1 aromatic rings. The molecule has 0 aliphatic heterocycles. The van der Waals surface area contributed by atoms with Gasteiger partial charge in [0.25, 0.3) is 0 Å². The predicted octanol–water partition coefficient (Wildman–Crippen LogP) is 3.53. The molecular formula is C14H25N3O2S. The highest BCUT2D eigenvalue weighted by Crippen LogP contribution is 2.28. The van der Waals surface area contributed by atoms with Crippen LogP contribution in [-0.2, 0) is 4.74 Å². The van der Waals surface area contributed by atoms with E-state index in [2.05, 4.69) is 30.5 Å². The van der Waals surface area contributed by atoms with Crippen molar-refractivity contribution in [1.82, 2.24) is 4.37 Å². The first kappa shape index (κ1) is 16.8. The summed E-state index contributed by atoms with van der Waals surface area (Å²) in [5.41, 5.74) is 6.11. The van der Waals surface area contributed by atoms with Gasteiger partial charge >= 0.3 is 5.97 Å². The third-order valence-electron chi connectivity index (χ3n) is 2.99. The number of nitrogens with two attached hydrogens (primary N) is 1. The highest BCUT2D eigenvalue weighted by molar-refractivity contribution is 7.11. The summed E-state index contributed by atoms with van der Waals surface area (Å²) in [6.07, 6.45) is 3.43. The van der Waals surface area contributed by atoms with Gasteiger partial charge in [0.1, 0.15) is 10.6 Å². The standard InChI is InChI=1S/C14H25N3O2S/c1-5-19-14(18)11-12(15)17-20-13(11)16-10(4)8-6-7-9(2)3/h9-10,16H,5-8H2,1-4H3,(H2,15,17). The van der Waals surface area contributed by atoms with Crippen molar-refractivity contribution in [2.45, 2.75) is 53.0 Å². The number of nitrogens with one attached hydrogen (secondary N) is 1. The van der Waals surface area contributed by atoms with Crippen LogP contribution in [0.5, 0.6) is 0 Å². The van der Waals surface area contributed by atoms with Gasteiger partial charge in [0.05, 0.1) is 6.61 Å². The zero-order valence-corrected chi connectivity index (χ0v) is 13.5. The zero-order chi connectivity index (χ0) is 15.1. The van der Waals surface area contributed by atoms with Crippen molar-refractivity contribution in [1.29, 1.82) is 0 Å². The fraction of sp³-hybridized carbons (Fsp3) is 0.714. The molecule has 0 saturated heterocycles. The lowest BCUT2D eigenvalue weighted by atomic mass is 10.0. The Balaban J connectivity index is 2.61. The molecular weight excluding hydrogens is 274 g/mol. The van der Waals surface area contributed by atoms with E-state index in [1.807, 2.05) is 0 Å². The van der Waals surface area contributed by atoms with Crippen LogP contribution in [0.25, 0.3) is 0 Å². The van der Waals surface area contributed by atoms with Crippen molar-refractivity contribution in [3.63, 3.8) is 0 Å². The molecule has 6 heteroatoms. The SMILES string of the molecule is CCOC(=O)c1c(N)nsc1NC(C)CCCC(C)C. The maximum atomic E-state index is 11.9. The van der Waals surface area contributed by atoms with E-state index in [1.54, 1.807) is 6.92 Å². The molecule has 5 nitrogen and oxygen atoms in total. The Bertz CT molecular complexity index is 432. The molecule has 3 N–H and O–H groups in total. The van der Waals surface area contributed by atoms with Crippen LogP contribution in [-0.4, -0.2) is 23.0 Å². The van der Waals surface area contributed by atoms with Gasteiger partial charge < -0.3 is 15.8 Å². The fourth-order valence-corrected chi connectivity index (χ4v) is 2.74. The third kappa shape index (κ3) is 5.00. The molecule has 0 aliphatic carbocycles. The number of carbonyl (C=O) groups is 1. The van der Waals surface area contributed by atoms with Crippen LogP contribution >= 0.6 is 11.5 Å². The second-order valence-corrected chi connectivity index (χ2v) is 6.14. The van der Waals surface area contributed by atoms with Gasteiger partial charge in [-0.1, -0.05) is 26.7 Å². The first-order chi connectivity index (χ1) is 9.45. The van der Waals surface area contributed by atoms with Crippen LogP contribution in [0.4, 0.5) is 10.8 Å². The van der Waals surface area contributed by atoms with Crippen LogP contribution in [0.15, 0.2) is 0 Å². The van der Waals surface area contributed by atoms with Crippen molar-refractivity contribution in [3.8, 4) is 0 Å². The predicted molar refractivity (Wildman–Crippen MR) is 84.3 cm³/mol. The topological polar surface area (TPSA) is 77.2 Å². The van der Waals surface area contributed by atoms with Crippen molar-refractivity contribution in [2.24, 2.45) is 5.92 Å². The van der Waals surface area contributed by atoms with Crippen molar-refractivity contribution in [2.75, 3.05) is 17.7 Å². The monoisotopic (exact) mass is 299 g/mol. The van der Waals surface area contributed by atoms with Gasteiger partial charge in [-0.3, -0.25) is 0 Å². The molecule has 0 fully saturated rings. The number of aromatic nitrogens is 1. The largest absolute Gasteiger partial charge is 0.462 e. The molecule has 1 aromatic heterocycles. The Hall–Kier alpha value is -1.30. The van der Waals surface area contributed by atoms with Crippen molar-refractivity contribution in [3.05, 3.63) is 5.56 Å². The van der Waals surface area contributed by atoms with Gasteiger partial charge in [0.15, 0.2) is 5.82 Å². The van der Waals surface area contributed by atoms with Gasteiger partial charge in [-0.2, -0.15) is 4.37 Å². The highest BCUT2D eigenvalue weighted by Gasteiger charge is 2.21. The molecule has 0 spiro atoms. The lowest BCUT2D eigenvalue weighted by Gasteiger charge is -2.15. The second-order valence-electron chi connectivity index (χ2n) is 5.36. The number of nitrogens with zero attached hydrogens (tertiary/aromatic N) is 1. The van der Waals surface area contributed by atoms with Crippen LogP contribution in [0.3, 0.4) is 0 Å². The Morgan fingerprint density at radius 3 is 2.70 bits per heavy atom. The number of hydrogen-bond acceptors (Lipinski definition) is 6. The number of rotatable bonds is 8. The van der Waals surface area contributed by atoms with E-state index in [9.17, 15) is 4.79 Å². The van der Waals surface area contributed by atoms with Crippen molar-refractivity contribution >= 4 is 28.3 Å². The van der Waals surface area contributed by atoms with Crippen LogP contribution in [0.2, 0.25) is 0 Å². The Kier molecular flexibility index (Phi) is 6.78. The molecule has 0 bridgehead atoms. The Labute approximate surface area is 125 Å². The molecule has 0 aromatic carbocycles. The van der Waals surface area contributed by atoms with E-state index >= 15 is 0 Å². The molecule has 1 unspecified atom stereocenters. The summed E-state index contributed by atoms with van der Waals surface area (Å²) in [6.45, 7) is 8.65. The van der Waals surface area contributed by atoms with Crippen LogP contribution < -0.4 is 11.1 Å². The Morgan fingerprint density at radius 2 is 2.10 bits per heavy atom. The minimum Gasteiger partial charge on any atom is -0.462 e. The van der Waals surface area contributed by atoms with Crippen LogP contribution in [0.1, 0.15) is 57.3 Å². The van der Waals surface area contributed by atoms with Gasteiger partial charge in [-0.15, -0.1) is 0 Å². The smallest absolute Gasteiger partial charge is 0.344 e.